The van der Waals surface area contributed by atoms with E-state index in [2.05, 4.69) is 24.1 Å². The third-order valence-corrected chi connectivity index (χ3v) is 4.35. The van der Waals surface area contributed by atoms with Gasteiger partial charge in [-0.15, -0.1) is 0 Å². The molecule has 0 spiro atoms. The Labute approximate surface area is 138 Å². The molecule has 5 heteroatoms. The van der Waals surface area contributed by atoms with Crippen molar-refractivity contribution >= 4 is 5.96 Å². The molecule has 0 radical (unpaired) electrons. The van der Waals surface area contributed by atoms with Crippen molar-refractivity contribution in [2.24, 2.45) is 10.9 Å². The fraction of sp³-hybridized carbons (Fsp3) is 0.611. The SMILES string of the molecule is CCNC(=NCC(OC)c1ccc(F)cc1)N1CCC(C)CC1. The standard InChI is InChI=1S/C18H28FN3O/c1-4-20-18(22-11-9-14(2)10-12-22)21-13-17(23-3)15-5-7-16(19)8-6-15/h5-8,14,17H,4,9-13H2,1-3H3,(H,20,21). The highest BCUT2D eigenvalue weighted by Crippen LogP contribution is 2.19. The van der Waals surface area contributed by atoms with Gasteiger partial charge in [0.2, 0.25) is 0 Å². The number of piperidine rings is 1. The van der Waals surface area contributed by atoms with Gasteiger partial charge in [0.25, 0.3) is 0 Å². The van der Waals surface area contributed by atoms with Crippen molar-refractivity contribution in [1.82, 2.24) is 10.2 Å². The van der Waals surface area contributed by atoms with Gasteiger partial charge in [0, 0.05) is 26.7 Å². The number of benzene rings is 1. The average Bonchev–Trinajstić information content (AvgIpc) is 2.56. The third kappa shape index (κ3) is 5.20. The fourth-order valence-corrected chi connectivity index (χ4v) is 2.81. The first-order valence-corrected chi connectivity index (χ1v) is 8.45. The van der Waals surface area contributed by atoms with Gasteiger partial charge in [0.1, 0.15) is 11.9 Å². The summed E-state index contributed by atoms with van der Waals surface area (Å²) in [6.45, 7) is 7.84. The summed E-state index contributed by atoms with van der Waals surface area (Å²) < 4.78 is 18.6. The Balaban J connectivity index is 2.04. The van der Waals surface area contributed by atoms with Gasteiger partial charge in [0.15, 0.2) is 5.96 Å². The molecule has 1 heterocycles. The Bertz CT molecular complexity index is 495. The zero-order valence-electron chi connectivity index (χ0n) is 14.4. The Morgan fingerprint density at radius 2 is 2.00 bits per heavy atom. The van der Waals surface area contributed by atoms with Gasteiger partial charge in [-0.2, -0.15) is 0 Å². The summed E-state index contributed by atoms with van der Waals surface area (Å²) in [6.07, 6.45) is 2.25. The molecular formula is C18H28FN3O. The molecule has 23 heavy (non-hydrogen) atoms. The second-order valence-electron chi connectivity index (χ2n) is 6.14. The lowest BCUT2D eigenvalue weighted by atomic mass is 9.99. The molecule has 1 aliphatic rings. The highest BCUT2D eigenvalue weighted by molar-refractivity contribution is 5.80. The van der Waals surface area contributed by atoms with Crippen LogP contribution in [0.4, 0.5) is 4.39 Å². The van der Waals surface area contributed by atoms with E-state index in [0.29, 0.717) is 6.54 Å². The molecule has 1 fully saturated rings. The molecule has 1 aliphatic heterocycles. The van der Waals surface area contributed by atoms with Gasteiger partial charge in [-0.25, -0.2) is 4.39 Å². The topological polar surface area (TPSA) is 36.9 Å². The van der Waals surface area contributed by atoms with E-state index >= 15 is 0 Å². The van der Waals surface area contributed by atoms with Crippen molar-refractivity contribution in [2.45, 2.75) is 32.8 Å². The van der Waals surface area contributed by atoms with E-state index in [1.807, 2.05) is 0 Å². The normalized spacial score (nSPS) is 18.1. The van der Waals surface area contributed by atoms with Crippen LogP contribution in [0.1, 0.15) is 38.4 Å². The van der Waals surface area contributed by atoms with Crippen LogP contribution in [0.5, 0.6) is 0 Å². The van der Waals surface area contributed by atoms with Crippen molar-refractivity contribution in [3.63, 3.8) is 0 Å². The van der Waals surface area contributed by atoms with Crippen molar-refractivity contribution in [2.75, 3.05) is 33.3 Å². The zero-order valence-corrected chi connectivity index (χ0v) is 14.4. The van der Waals surface area contributed by atoms with Gasteiger partial charge < -0.3 is 15.0 Å². The van der Waals surface area contributed by atoms with E-state index < -0.39 is 0 Å². The summed E-state index contributed by atoms with van der Waals surface area (Å²) in [4.78, 5) is 7.07. The quantitative estimate of drug-likeness (QED) is 0.668. The number of nitrogens with one attached hydrogen (secondary N) is 1. The molecule has 0 aliphatic carbocycles. The minimum absolute atomic E-state index is 0.159. The molecule has 1 saturated heterocycles. The lowest BCUT2D eigenvalue weighted by Gasteiger charge is -2.33. The van der Waals surface area contributed by atoms with Crippen molar-refractivity contribution in [3.05, 3.63) is 35.6 Å². The largest absolute Gasteiger partial charge is 0.375 e. The van der Waals surface area contributed by atoms with Gasteiger partial charge in [-0.05, 0) is 43.4 Å². The van der Waals surface area contributed by atoms with E-state index in [-0.39, 0.29) is 11.9 Å². The number of hydrogen-bond acceptors (Lipinski definition) is 2. The third-order valence-electron chi connectivity index (χ3n) is 4.35. The number of guanidine groups is 1. The van der Waals surface area contributed by atoms with Crippen LogP contribution in [0.2, 0.25) is 0 Å². The minimum atomic E-state index is -0.233. The molecule has 1 aromatic carbocycles. The first kappa shape index (κ1) is 17.7. The lowest BCUT2D eigenvalue weighted by Crippen LogP contribution is -2.45. The smallest absolute Gasteiger partial charge is 0.194 e. The average molecular weight is 321 g/mol. The molecule has 1 aromatic rings. The molecule has 1 unspecified atom stereocenters. The molecule has 0 saturated carbocycles. The fourth-order valence-electron chi connectivity index (χ4n) is 2.81. The van der Waals surface area contributed by atoms with E-state index in [1.54, 1.807) is 19.2 Å². The van der Waals surface area contributed by atoms with Crippen molar-refractivity contribution in [1.29, 1.82) is 0 Å². The maximum Gasteiger partial charge on any atom is 0.194 e. The Hall–Kier alpha value is -1.62. The Morgan fingerprint density at radius 3 is 2.57 bits per heavy atom. The van der Waals surface area contributed by atoms with Crippen molar-refractivity contribution < 1.29 is 9.13 Å². The van der Waals surface area contributed by atoms with Gasteiger partial charge >= 0.3 is 0 Å². The molecule has 4 nitrogen and oxygen atoms in total. The van der Waals surface area contributed by atoms with Crippen LogP contribution >= 0.6 is 0 Å². The zero-order chi connectivity index (χ0) is 16.7. The van der Waals surface area contributed by atoms with Crippen LogP contribution < -0.4 is 5.32 Å². The highest BCUT2D eigenvalue weighted by Gasteiger charge is 2.19. The van der Waals surface area contributed by atoms with Gasteiger partial charge in [-0.3, -0.25) is 4.99 Å². The maximum absolute atomic E-state index is 13.1. The summed E-state index contributed by atoms with van der Waals surface area (Å²) in [5, 5.41) is 3.37. The van der Waals surface area contributed by atoms with Crippen LogP contribution in [0.3, 0.4) is 0 Å². The summed E-state index contributed by atoms with van der Waals surface area (Å²) in [6, 6.07) is 6.44. The van der Waals surface area contributed by atoms with E-state index in [1.165, 1.54) is 25.0 Å². The van der Waals surface area contributed by atoms with Crippen LogP contribution in [0, 0.1) is 11.7 Å². The monoisotopic (exact) mass is 321 g/mol. The summed E-state index contributed by atoms with van der Waals surface area (Å²) in [5.41, 5.74) is 0.945. The highest BCUT2D eigenvalue weighted by atomic mass is 19.1. The number of rotatable bonds is 5. The molecule has 2 rings (SSSR count). The van der Waals surface area contributed by atoms with Crippen LogP contribution in [-0.4, -0.2) is 44.1 Å². The number of methoxy groups -OCH3 is 1. The number of hydrogen-bond donors (Lipinski definition) is 1. The second-order valence-corrected chi connectivity index (χ2v) is 6.14. The molecule has 0 amide bonds. The minimum Gasteiger partial charge on any atom is -0.375 e. The molecule has 1 N–H and O–H groups in total. The molecule has 128 valence electrons. The number of ether oxygens (including phenoxy) is 1. The predicted molar refractivity (Wildman–Crippen MR) is 92.1 cm³/mol. The van der Waals surface area contributed by atoms with E-state index in [4.69, 9.17) is 9.73 Å². The van der Waals surface area contributed by atoms with Crippen LogP contribution in [-0.2, 0) is 4.74 Å². The number of likely N-dealkylation sites (tertiary alicyclic amines) is 1. The first-order valence-electron chi connectivity index (χ1n) is 8.45. The Kier molecular flexibility index (Phi) is 6.84. The van der Waals surface area contributed by atoms with Gasteiger partial charge in [0.05, 0.1) is 6.54 Å². The lowest BCUT2D eigenvalue weighted by molar-refractivity contribution is 0.110. The molecule has 0 aromatic heterocycles. The summed E-state index contributed by atoms with van der Waals surface area (Å²) >= 11 is 0. The molecule has 1 atom stereocenters. The number of aliphatic imine (C=N–C) groups is 1. The van der Waals surface area contributed by atoms with E-state index in [9.17, 15) is 4.39 Å². The van der Waals surface area contributed by atoms with Crippen LogP contribution in [0.15, 0.2) is 29.3 Å². The number of halogens is 1. The van der Waals surface area contributed by atoms with Crippen LogP contribution in [0.25, 0.3) is 0 Å². The van der Waals surface area contributed by atoms with Crippen molar-refractivity contribution in [3.8, 4) is 0 Å². The maximum atomic E-state index is 13.1. The summed E-state index contributed by atoms with van der Waals surface area (Å²) in [5.74, 6) is 1.51. The number of nitrogens with zero attached hydrogens (tertiary/aromatic N) is 2. The Morgan fingerprint density at radius 1 is 1.35 bits per heavy atom. The second kappa shape index (κ2) is 8.87. The predicted octanol–water partition coefficient (Wildman–Crippen LogP) is 3.21. The molecular weight excluding hydrogens is 293 g/mol. The molecule has 0 bridgehead atoms. The van der Waals surface area contributed by atoms with Gasteiger partial charge in [-0.1, -0.05) is 19.1 Å². The first-order chi connectivity index (χ1) is 11.1. The summed E-state index contributed by atoms with van der Waals surface area (Å²) in [7, 11) is 1.67. The van der Waals surface area contributed by atoms with E-state index in [0.717, 1.165) is 37.1 Å².